The molecular formula is C20H30N2O2. The van der Waals surface area contributed by atoms with Gasteiger partial charge in [-0.25, -0.2) is 4.79 Å². The molecule has 0 spiro atoms. The third kappa shape index (κ3) is 4.10. The van der Waals surface area contributed by atoms with Gasteiger partial charge in [0.2, 0.25) is 0 Å². The van der Waals surface area contributed by atoms with Crippen LogP contribution >= 0.6 is 0 Å². The van der Waals surface area contributed by atoms with E-state index < -0.39 is 0 Å². The predicted molar refractivity (Wildman–Crippen MR) is 96.0 cm³/mol. The van der Waals surface area contributed by atoms with E-state index in [4.69, 9.17) is 4.74 Å². The Balaban J connectivity index is 1.57. The average Bonchev–Trinajstić information content (AvgIpc) is 2.85. The van der Waals surface area contributed by atoms with E-state index in [1.165, 1.54) is 5.56 Å². The van der Waals surface area contributed by atoms with E-state index in [0.29, 0.717) is 5.92 Å². The molecule has 3 rings (SSSR count). The molecule has 1 aromatic rings. The largest absolute Gasteiger partial charge is 0.446 e. The number of rotatable bonds is 3. The molecule has 4 nitrogen and oxygen atoms in total. The van der Waals surface area contributed by atoms with Gasteiger partial charge in [-0.15, -0.1) is 0 Å². The SMILES string of the molecule is CN1CCC(OC(=O)N2CC(Cc3ccccc3)CC2(C)C)CC1. The zero-order chi connectivity index (χ0) is 17.2. The average molecular weight is 330 g/mol. The van der Waals surface area contributed by atoms with Crippen LogP contribution in [0.15, 0.2) is 30.3 Å². The van der Waals surface area contributed by atoms with Gasteiger partial charge in [0.1, 0.15) is 6.10 Å². The molecular weight excluding hydrogens is 300 g/mol. The number of hydrogen-bond acceptors (Lipinski definition) is 3. The van der Waals surface area contributed by atoms with Crippen molar-refractivity contribution < 1.29 is 9.53 Å². The Morgan fingerprint density at radius 1 is 1.21 bits per heavy atom. The quantitative estimate of drug-likeness (QED) is 0.849. The third-order valence-electron chi connectivity index (χ3n) is 5.48. The Morgan fingerprint density at radius 2 is 1.88 bits per heavy atom. The van der Waals surface area contributed by atoms with Gasteiger partial charge in [0.15, 0.2) is 0 Å². The molecule has 4 heteroatoms. The Labute approximate surface area is 145 Å². The fourth-order valence-corrected chi connectivity index (χ4v) is 4.10. The normalized spacial score (nSPS) is 25.0. The second-order valence-corrected chi connectivity index (χ2v) is 8.07. The summed E-state index contributed by atoms with van der Waals surface area (Å²) in [5.41, 5.74) is 1.23. The molecule has 2 fully saturated rings. The van der Waals surface area contributed by atoms with E-state index in [-0.39, 0.29) is 17.7 Å². The number of nitrogens with zero attached hydrogens (tertiary/aromatic N) is 2. The summed E-state index contributed by atoms with van der Waals surface area (Å²) in [6.07, 6.45) is 3.92. The van der Waals surface area contributed by atoms with Crippen LogP contribution in [0.4, 0.5) is 4.79 Å². The first-order valence-electron chi connectivity index (χ1n) is 9.15. The molecule has 2 aliphatic heterocycles. The maximum absolute atomic E-state index is 12.7. The van der Waals surface area contributed by atoms with E-state index in [1.54, 1.807) is 0 Å². The summed E-state index contributed by atoms with van der Waals surface area (Å²) in [4.78, 5) is 16.9. The van der Waals surface area contributed by atoms with Crippen LogP contribution in [0.5, 0.6) is 0 Å². The highest BCUT2D eigenvalue weighted by Gasteiger charge is 2.42. The van der Waals surface area contributed by atoms with Crippen LogP contribution < -0.4 is 0 Å². The van der Waals surface area contributed by atoms with Crippen LogP contribution in [-0.2, 0) is 11.2 Å². The minimum Gasteiger partial charge on any atom is -0.446 e. The Hall–Kier alpha value is -1.55. The van der Waals surface area contributed by atoms with Crippen LogP contribution in [0, 0.1) is 5.92 Å². The van der Waals surface area contributed by atoms with Crippen molar-refractivity contribution in [2.24, 2.45) is 5.92 Å². The predicted octanol–water partition coefficient (Wildman–Crippen LogP) is 3.56. The summed E-state index contributed by atoms with van der Waals surface area (Å²) in [6, 6.07) is 10.6. The molecule has 0 saturated carbocycles. The van der Waals surface area contributed by atoms with Gasteiger partial charge in [0.25, 0.3) is 0 Å². The number of piperidine rings is 1. The van der Waals surface area contributed by atoms with Crippen molar-refractivity contribution in [3.05, 3.63) is 35.9 Å². The van der Waals surface area contributed by atoms with Crippen molar-refractivity contribution >= 4 is 6.09 Å². The zero-order valence-corrected chi connectivity index (χ0v) is 15.2. The highest BCUT2D eigenvalue weighted by molar-refractivity contribution is 5.69. The molecule has 0 aromatic heterocycles. The fraction of sp³-hybridized carbons (Fsp3) is 0.650. The van der Waals surface area contributed by atoms with Crippen molar-refractivity contribution in [1.82, 2.24) is 9.80 Å². The van der Waals surface area contributed by atoms with Crippen LogP contribution in [0.2, 0.25) is 0 Å². The highest BCUT2D eigenvalue weighted by Crippen LogP contribution is 2.35. The third-order valence-corrected chi connectivity index (χ3v) is 5.48. The molecule has 1 atom stereocenters. The van der Waals surface area contributed by atoms with Crippen LogP contribution in [0.1, 0.15) is 38.7 Å². The van der Waals surface area contributed by atoms with E-state index in [1.807, 2.05) is 11.0 Å². The first kappa shape index (κ1) is 17.3. The van der Waals surface area contributed by atoms with E-state index in [2.05, 4.69) is 50.1 Å². The molecule has 24 heavy (non-hydrogen) atoms. The summed E-state index contributed by atoms with van der Waals surface area (Å²) in [5, 5.41) is 0. The zero-order valence-electron chi connectivity index (χ0n) is 15.2. The Bertz CT molecular complexity index is 550. The Morgan fingerprint density at radius 3 is 2.54 bits per heavy atom. The van der Waals surface area contributed by atoms with Gasteiger partial charge in [-0.1, -0.05) is 30.3 Å². The van der Waals surface area contributed by atoms with Crippen molar-refractivity contribution in [3.63, 3.8) is 0 Å². The van der Waals surface area contributed by atoms with Crippen LogP contribution in [-0.4, -0.2) is 54.2 Å². The summed E-state index contributed by atoms with van der Waals surface area (Å²) in [6.45, 7) is 7.14. The van der Waals surface area contributed by atoms with Gasteiger partial charge in [-0.2, -0.15) is 0 Å². The number of carbonyl (C=O) groups excluding carboxylic acids is 1. The minimum absolute atomic E-state index is 0.0812. The van der Waals surface area contributed by atoms with Crippen molar-refractivity contribution in [2.45, 2.75) is 51.2 Å². The lowest BCUT2D eigenvalue weighted by atomic mass is 9.92. The smallest absolute Gasteiger partial charge is 0.410 e. The lowest BCUT2D eigenvalue weighted by Gasteiger charge is -2.34. The van der Waals surface area contributed by atoms with E-state index in [9.17, 15) is 4.79 Å². The molecule has 0 bridgehead atoms. The second kappa shape index (κ2) is 7.14. The number of amides is 1. The molecule has 1 aromatic carbocycles. The van der Waals surface area contributed by atoms with E-state index in [0.717, 1.165) is 45.3 Å². The molecule has 132 valence electrons. The molecule has 0 aliphatic carbocycles. The molecule has 2 aliphatic rings. The summed E-state index contributed by atoms with van der Waals surface area (Å²) < 4.78 is 5.82. The molecule has 0 N–H and O–H groups in total. The summed E-state index contributed by atoms with van der Waals surface area (Å²) in [7, 11) is 2.12. The van der Waals surface area contributed by atoms with Gasteiger partial charge in [-0.05, 0) is 58.1 Å². The summed E-state index contributed by atoms with van der Waals surface area (Å²) >= 11 is 0. The first-order valence-corrected chi connectivity index (χ1v) is 9.15. The molecule has 0 radical (unpaired) electrons. The molecule has 2 saturated heterocycles. The van der Waals surface area contributed by atoms with Crippen molar-refractivity contribution in [2.75, 3.05) is 26.7 Å². The molecule has 2 heterocycles. The number of hydrogen-bond donors (Lipinski definition) is 0. The number of carbonyl (C=O) groups is 1. The lowest BCUT2D eigenvalue weighted by Crippen LogP contribution is -2.45. The fourth-order valence-electron chi connectivity index (χ4n) is 4.10. The number of benzene rings is 1. The number of likely N-dealkylation sites (tertiary alicyclic amines) is 2. The lowest BCUT2D eigenvalue weighted by molar-refractivity contribution is 0.0216. The van der Waals surface area contributed by atoms with Crippen molar-refractivity contribution in [1.29, 1.82) is 0 Å². The molecule has 1 amide bonds. The number of ether oxygens (including phenoxy) is 1. The van der Waals surface area contributed by atoms with Gasteiger partial charge in [-0.3, -0.25) is 0 Å². The second-order valence-electron chi connectivity index (χ2n) is 8.07. The standard InChI is InChI=1S/C20H30N2O2/c1-20(2)14-17(13-16-7-5-4-6-8-16)15-22(20)19(23)24-18-9-11-21(3)12-10-18/h4-8,17-18H,9-15H2,1-3H3. The van der Waals surface area contributed by atoms with Gasteiger partial charge < -0.3 is 14.5 Å². The van der Waals surface area contributed by atoms with Crippen LogP contribution in [0.3, 0.4) is 0 Å². The van der Waals surface area contributed by atoms with Crippen molar-refractivity contribution in [3.8, 4) is 0 Å². The summed E-state index contributed by atoms with van der Waals surface area (Å²) in [5.74, 6) is 0.507. The maximum Gasteiger partial charge on any atom is 0.410 e. The topological polar surface area (TPSA) is 32.8 Å². The monoisotopic (exact) mass is 330 g/mol. The van der Waals surface area contributed by atoms with Gasteiger partial charge >= 0.3 is 6.09 Å². The minimum atomic E-state index is -0.123. The van der Waals surface area contributed by atoms with Gasteiger partial charge in [0.05, 0.1) is 0 Å². The van der Waals surface area contributed by atoms with Gasteiger partial charge in [0, 0.05) is 25.2 Å². The maximum atomic E-state index is 12.7. The first-order chi connectivity index (χ1) is 11.4. The Kier molecular flexibility index (Phi) is 5.14. The molecule has 1 unspecified atom stereocenters. The van der Waals surface area contributed by atoms with E-state index >= 15 is 0 Å². The van der Waals surface area contributed by atoms with Crippen LogP contribution in [0.25, 0.3) is 0 Å². The highest BCUT2D eigenvalue weighted by atomic mass is 16.6.